The highest BCUT2D eigenvalue weighted by Crippen LogP contribution is 2.25. The number of nitrogens with one attached hydrogen (secondary N) is 2. The minimum atomic E-state index is -0.507. The van der Waals surface area contributed by atoms with Gasteiger partial charge in [-0.05, 0) is 51.7 Å². The number of alkyl carbamates (subject to hydrolysis) is 1. The summed E-state index contributed by atoms with van der Waals surface area (Å²) in [5, 5.41) is 5.76. The molecule has 22 heavy (non-hydrogen) atoms. The van der Waals surface area contributed by atoms with E-state index in [2.05, 4.69) is 10.6 Å². The Balaban J connectivity index is 1.81. The summed E-state index contributed by atoms with van der Waals surface area (Å²) in [6.45, 7) is 5.98. The molecule has 2 rings (SSSR count). The van der Waals surface area contributed by atoms with Crippen LogP contribution in [-0.4, -0.2) is 30.2 Å². The molecule has 0 aromatic carbocycles. The van der Waals surface area contributed by atoms with E-state index in [1.807, 2.05) is 20.8 Å². The maximum Gasteiger partial charge on any atom is 0.407 e. The Morgan fingerprint density at radius 1 is 1.36 bits per heavy atom. The number of hydrogen-bond donors (Lipinski definition) is 2. The van der Waals surface area contributed by atoms with E-state index < -0.39 is 11.7 Å². The highest BCUT2D eigenvalue weighted by Gasteiger charge is 2.30. The van der Waals surface area contributed by atoms with Crippen molar-refractivity contribution >= 4 is 12.0 Å². The van der Waals surface area contributed by atoms with Gasteiger partial charge < -0.3 is 19.8 Å². The lowest BCUT2D eigenvalue weighted by Crippen LogP contribution is -2.43. The normalized spacial score (nSPS) is 21.4. The van der Waals surface area contributed by atoms with Crippen LogP contribution in [0.5, 0.6) is 0 Å². The van der Waals surface area contributed by atoms with Crippen molar-refractivity contribution in [3.8, 4) is 0 Å². The number of amides is 2. The second-order valence-corrected chi connectivity index (χ2v) is 6.63. The third kappa shape index (κ3) is 4.79. The molecule has 1 aromatic heterocycles. The summed E-state index contributed by atoms with van der Waals surface area (Å²) in [6, 6.07) is 3.37. The van der Waals surface area contributed by atoms with Gasteiger partial charge in [-0.25, -0.2) is 4.79 Å². The lowest BCUT2D eigenvalue weighted by atomic mass is 10.0. The number of rotatable bonds is 4. The summed E-state index contributed by atoms with van der Waals surface area (Å²) in [5.74, 6) is 0.316. The SMILES string of the molecule is CC(C)(C)OC(=O)NC[C@H]1CCC[C@H]1NC(=O)c1ccco1. The molecule has 0 bridgehead atoms. The van der Waals surface area contributed by atoms with Gasteiger partial charge >= 0.3 is 6.09 Å². The van der Waals surface area contributed by atoms with Crippen LogP contribution in [0, 0.1) is 5.92 Å². The van der Waals surface area contributed by atoms with Crippen molar-refractivity contribution in [1.29, 1.82) is 0 Å². The van der Waals surface area contributed by atoms with Gasteiger partial charge in [0.1, 0.15) is 5.60 Å². The molecule has 1 fully saturated rings. The van der Waals surface area contributed by atoms with Gasteiger partial charge in [0.05, 0.1) is 6.26 Å². The largest absolute Gasteiger partial charge is 0.459 e. The molecule has 0 saturated heterocycles. The van der Waals surface area contributed by atoms with Gasteiger partial charge in [-0.2, -0.15) is 0 Å². The molecule has 2 atom stereocenters. The van der Waals surface area contributed by atoms with Crippen molar-refractivity contribution in [3.63, 3.8) is 0 Å². The molecule has 1 aliphatic rings. The highest BCUT2D eigenvalue weighted by molar-refractivity contribution is 5.91. The topological polar surface area (TPSA) is 80.6 Å². The Hall–Kier alpha value is -1.98. The van der Waals surface area contributed by atoms with E-state index in [1.54, 1.807) is 12.1 Å². The standard InChI is InChI=1S/C16H24N2O4/c1-16(2,3)22-15(20)17-10-11-6-4-7-12(11)18-14(19)13-8-5-9-21-13/h5,8-9,11-12H,4,6-7,10H2,1-3H3,(H,17,20)(H,18,19)/t11-,12-/m1/s1. The van der Waals surface area contributed by atoms with Gasteiger partial charge in [0.15, 0.2) is 5.76 Å². The van der Waals surface area contributed by atoms with E-state index in [9.17, 15) is 9.59 Å². The molecule has 2 N–H and O–H groups in total. The first-order chi connectivity index (χ1) is 10.3. The van der Waals surface area contributed by atoms with Crippen molar-refractivity contribution in [2.75, 3.05) is 6.54 Å². The first-order valence-corrected chi connectivity index (χ1v) is 7.66. The second kappa shape index (κ2) is 6.85. The smallest absolute Gasteiger partial charge is 0.407 e. The molecule has 6 nitrogen and oxygen atoms in total. The van der Waals surface area contributed by atoms with Crippen LogP contribution in [0.3, 0.4) is 0 Å². The van der Waals surface area contributed by atoms with Crippen LogP contribution in [-0.2, 0) is 4.74 Å². The minimum Gasteiger partial charge on any atom is -0.459 e. The minimum absolute atomic E-state index is 0.0486. The molecule has 1 heterocycles. The Kier molecular flexibility index (Phi) is 5.11. The van der Waals surface area contributed by atoms with Gasteiger partial charge in [0.2, 0.25) is 0 Å². The van der Waals surface area contributed by atoms with Gasteiger partial charge in [-0.1, -0.05) is 6.42 Å². The summed E-state index contributed by atoms with van der Waals surface area (Å²) < 4.78 is 10.3. The predicted octanol–water partition coefficient (Wildman–Crippen LogP) is 2.70. The third-order valence-corrected chi connectivity index (χ3v) is 3.63. The lowest BCUT2D eigenvalue weighted by Gasteiger charge is -2.23. The molecule has 0 unspecified atom stereocenters. The predicted molar refractivity (Wildman–Crippen MR) is 81.5 cm³/mol. The summed E-state index contributed by atoms with van der Waals surface area (Å²) >= 11 is 0. The van der Waals surface area contributed by atoms with E-state index >= 15 is 0 Å². The zero-order valence-corrected chi connectivity index (χ0v) is 13.3. The number of carbonyl (C=O) groups excluding carboxylic acids is 2. The van der Waals surface area contributed by atoms with Crippen LogP contribution in [0.15, 0.2) is 22.8 Å². The Labute approximate surface area is 130 Å². The van der Waals surface area contributed by atoms with Crippen molar-refractivity contribution in [3.05, 3.63) is 24.2 Å². The highest BCUT2D eigenvalue weighted by atomic mass is 16.6. The molecule has 1 aliphatic carbocycles. The van der Waals surface area contributed by atoms with E-state index in [1.165, 1.54) is 6.26 Å². The van der Waals surface area contributed by atoms with Crippen molar-refractivity contribution in [1.82, 2.24) is 10.6 Å². The molecule has 122 valence electrons. The first-order valence-electron chi connectivity index (χ1n) is 7.66. The quantitative estimate of drug-likeness (QED) is 0.896. The van der Waals surface area contributed by atoms with E-state index in [0.29, 0.717) is 12.3 Å². The van der Waals surface area contributed by atoms with Gasteiger partial charge in [-0.3, -0.25) is 4.79 Å². The number of hydrogen-bond acceptors (Lipinski definition) is 4. The summed E-state index contributed by atoms with van der Waals surface area (Å²) in [4.78, 5) is 23.7. The lowest BCUT2D eigenvalue weighted by molar-refractivity contribution is 0.0517. The van der Waals surface area contributed by atoms with E-state index in [-0.39, 0.29) is 17.9 Å². The van der Waals surface area contributed by atoms with Crippen LogP contribution in [0.4, 0.5) is 4.79 Å². The summed E-state index contributed by atoms with van der Waals surface area (Å²) in [6.07, 6.45) is 3.97. The van der Waals surface area contributed by atoms with Gasteiger partial charge in [-0.15, -0.1) is 0 Å². The van der Waals surface area contributed by atoms with Crippen LogP contribution < -0.4 is 10.6 Å². The molecule has 6 heteroatoms. The maximum atomic E-state index is 12.0. The molecule has 0 spiro atoms. The summed E-state index contributed by atoms with van der Waals surface area (Å²) in [7, 11) is 0. The molecule has 1 saturated carbocycles. The fourth-order valence-electron chi connectivity index (χ4n) is 2.65. The van der Waals surface area contributed by atoms with E-state index in [0.717, 1.165) is 19.3 Å². The van der Waals surface area contributed by atoms with Crippen LogP contribution >= 0.6 is 0 Å². The second-order valence-electron chi connectivity index (χ2n) is 6.63. The zero-order chi connectivity index (χ0) is 16.2. The average Bonchev–Trinajstić information content (AvgIpc) is 3.05. The zero-order valence-electron chi connectivity index (χ0n) is 13.3. The maximum absolute atomic E-state index is 12.0. The number of carbonyl (C=O) groups is 2. The third-order valence-electron chi connectivity index (χ3n) is 3.63. The monoisotopic (exact) mass is 308 g/mol. The fraction of sp³-hybridized carbons (Fsp3) is 0.625. The molecular formula is C16H24N2O4. The van der Waals surface area contributed by atoms with E-state index in [4.69, 9.17) is 9.15 Å². The van der Waals surface area contributed by atoms with Crippen molar-refractivity contribution < 1.29 is 18.7 Å². The molecule has 2 amide bonds. The van der Waals surface area contributed by atoms with Gasteiger partial charge in [0.25, 0.3) is 5.91 Å². The molecule has 0 radical (unpaired) electrons. The molecular weight excluding hydrogens is 284 g/mol. The van der Waals surface area contributed by atoms with Crippen LogP contribution in [0.2, 0.25) is 0 Å². The van der Waals surface area contributed by atoms with Gasteiger partial charge in [0, 0.05) is 12.6 Å². The molecule has 1 aromatic rings. The number of furan rings is 1. The Morgan fingerprint density at radius 3 is 2.77 bits per heavy atom. The molecule has 0 aliphatic heterocycles. The first kappa shape index (κ1) is 16.4. The average molecular weight is 308 g/mol. The van der Waals surface area contributed by atoms with Crippen molar-refractivity contribution in [2.24, 2.45) is 5.92 Å². The van der Waals surface area contributed by atoms with Crippen LogP contribution in [0.1, 0.15) is 50.6 Å². The fourth-order valence-corrected chi connectivity index (χ4v) is 2.65. The Bertz CT molecular complexity index is 505. The summed E-state index contributed by atoms with van der Waals surface area (Å²) in [5.41, 5.74) is -0.507. The Morgan fingerprint density at radius 2 is 2.14 bits per heavy atom. The number of ether oxygens (including phenoxy) is 1. The van der Waals surface area contributed by atoms with Crippen molar-refractivity contribution in [2.45, 2.75) is 51.7 Å². The van der Waals surface area contributed by atoms with Crippen LogP contribution in [0.25, 0.3) is 0 Å².